The molecule has 2 N–H and O–H groups in total. The lowest BCUT2D eigenvalue weighted by molar-refractivity contribution is -0.170. The van der Waals surface area contributed by atoms with Gasteiger partial charge in [-0.15, -0.1) is 0 Å². The summed E-state index contributed by atoms with van der Waals surface area (Å²) in [5, 5.41) is 13.0. The third-order valence-electron chi connectivity index (χ3n) is 4.92. The lowest BCUT2D eigenvalue weighted by Gasteiger charge is -2.29. The maximum absolute atomic E-state index is 12.0. The number of esters is 1. The van der Waals surface area contributed by atoms with E-state index in [1.165, 1.54) is 0 Å². The zero-order valence-electron chi connectivity index (χ0n) is 14.9. The zero-order valence-corrected chi connectivity index (χ0v) is 14.9. The van der Waals surface area contributed by atoms with Crippen molar-refractivity contribution in [2.75, 3.05) is 43.1 Å². The summed E-state index contributed by atoms with van der Waals surface area (Å²) in [5.41, 5.74) is 0.287. The van der Waals surface area contributed by atoms with Crippen molar-refractivity contribution in [1.82, 2.24) is 0 Å². The van der Waals surface area contributed by atoms with E-state index < -0.39 is 24.1 Å². The molecule has 1 aromatic rings. The number of amides is 1. The molecule has 1 amide bonds. The molecule has 1 saturated carbocycles. The Morgan fingerprint density at radius 2 is 1.77 bits per heavy atom. The molecule has 0 unspecified atom stereocenters. The van der Waals surface area contributed by atoms with Crippen molar-refractivity contribution in [1.29, 1.82) is 0 Å². The van der Waals surface area contributed by atoms with E-state index in [1.807, 2.05) is 24.3 Å². The molecule has 3 rings (SSSR count). The fourth-order valence-electron chi connectivity index (χ4n) is 3.38. The standard InChI is InChI=1S/C19H26N2O5/c22-17(14-26-18(23)19(24)8-2-1-3-9-19)20-15-4-6-16(7-5-15)21-10-12-25-13-11-21/h4-7,24H,1-3,8-14H2,(H,20,22). The van der Waals surface area contributed by atoms with Crippen molar-refractivity contribution < 1.29 is 24.2 Å². The summed E-state index contributed by atoms with van der Waals surface area (Å²) in [6.45, 7) is 2.74. The van der Waals surface area contributed by atoms with Crippen LogP contribution in [0.3, 0.4) is 0 Å². The third kappa shape index (κ3) is 4.74. The average Bonchev–Trinajstić information content (AvgIpc) is 2.68. The second kappa shape index (κ2) is 8.51. The number of anilines is 2. The molecule has 0 radical (unpaired) electrons. The first kappa shape index (κ1) is 18.7. The van der Waals surface area contributed by atoms with Crippen LogP contribution in [0.1, 0.15) is 32.1 Å². The molecule has 2 aliphatic rings. The summed E-state index contributed by atoms with van der Waals surface area (Å²) in [6, 6.07) is 7.52. The number of aliphatic hydroxyl groups is 1. The third-order valence-corrected chi connectivity index (χ3v) is 4.92. The number of ether oxygens (including phenoxy) is 2. The molecular formula is C19H26N2O5. The molecule has 0 atom stereocenters. The highest BCUT2D eigenvalue weighted by molar-refractivity contribution is 5.93. The fourth-order valence-corrected chi connectivity index (χ4v) is 3.38. The van der Waals surface area contributed by atoms with E-state index in [-0.39, 0.29) is 0 Å². The Hall–Kier alpha value is -2.12. The summed E-state index contributed by atoms with van der Waals surface area (Å²) in [5.74, 6) is -1.12. The van der Waals surface area contributed by atoms with Gasteiger partial charge in [0.1, 0.15) is 0 Å². The van der Waals surface area contributed by atoms with Gasteiger partial charge in [0.05, 0.1) is 13.2 Å². The van der Waals surface area contributed by atoms with Crippen molar-refractivity contribution >= 4 is 23.3 Å². The van der Waals surface area contributed by atoms with Gasteiger partial charge in [-0.2, -0.15) is 0 Å². The predicted molar refractivity (Wildman–Crippen MR) is 97.1 cm³/mol. The van der Waals surface area contributed by atoms with Crippen LogP contribution in [-0.2, 0) is 19.1 Å². The Balaban J connectivity index is 1.46. The van der Waals surface area contributed by atoms with Crippen molar-refractivity contribution in [3.05, 3.63) is 24.3 Å². The first-order valence-corrected chi connectivity index (χ1v) is 9.19. The van der Waals surface area contributed by atoms with Gasteiger partial charge in [-0.1, -0.05) is 6.42 Å². The normalized spacial score (nSPS) is 19.7. The lowest BCUT2D eigenvalue weighted by Crippen LogP contribution is -2.42. The molecule has 7 nitrogen and oxygen atoms in total. The predicted octanol–water partition coefficient (Wildman–Crippen LogP) is 1.70. The molecule has 0 bridgehead atoms. The molecule has 0 spiro atoms. The molecule has 0 aromatic heterocycles. The minimum Gasteiger partial charge on any atom is -0.453 e. The number of rotatable bonds is 5. The van der Waals surface area contributed by atoms with E-state index in [9.17, 15) is 14.7 Å². The molecule has 1 aromatic carbocycles. The summed E-state index contributed by atoms with van der Waals surface area (Å²) in [6.07, 6.45) is 3.41. The number of carbonyl (C=O) groups is 2. The maximum atomic E-state index is 12.0. The van der Waals surface area contributed by atoms with Crippen molar-refractivity contribution in [3.8, 4) is 0 Å². The summed E-state index contributed by atoms with van der Waals surface area (Å²) < 4.78 is 10.4. The first-order chi connectivity index (χ1) is 12.6. The molecule has 2 fully saturated rings. The van der Waals surface area contributed by atoms with Gasteiger partial charge in [0.2, 0.25) is 0 Å². The topological polar surface area (TPSA) is 88.1 Å². The highest BCUT2D eigenvalue weighted by Crippen LogP contribution is 2.29. The highest BCUT2D eigenvalue weighted by atomic mass is 16.6. The van der Waals surface area contributed by atoms with E-state index in [4.69, 9.17) is 9.47 Å². The SMILES string of the molecule is O=C(COC(=O)C1(O)CCCCC1)Nc1ccc(N2CCOCC2)cc1. The molecular weight excluding hydrogens is 336 g/mol. The van der Waals surface area contributed by atoms with Gasteiger partial charge in [0, 0.05) is 24.5 Å². The van der Waals surface area contributed by atoms with Crippen LogP contribution >= 0.6 is 0 Å². The Labute approximate surface area is 153 Å². The summed E-state index contributed by atoms with van der Waals surface area (Å²) in [7, 11) is 0. The number of hydrogen-bond acceptors (Lipinski definition) is 6. The summed E-state index contributed by atoms with van der Waals surface area (Å²) >= 11 is 0. The monoisotopic (exact) mass is 362 g/mol. The van der Waals surface area contributed by atoms with Gasteiger partial charge in [-0.3, -0.25) is 4.79 Å². The van der Waals surface area contributed by atoms with Crippen LogP contribution in [0.2, 0.25) is 0 Å². The van der Waals surface area contributed by atoms with Crippen LogP contribution in [0.5, 0.6) is 0 Å². The number of nitrogens with one attached hydrogen (secondary N) is 1. The average molecular weight is 362 g/mol. The quantitative estimate of drug-likeness (QED) is 0.775. The molecule has 142 valence electrons. The molecule has 1 saturated heterocycles. The van der Waals surface area contributed by atoms with Gasteiger partial charge >= 0.3 is 5.97 Å². The first-order valence-electron chi connectivity index (χ1n) is 9.19. The Bertz CT molecular complexity index is 619. The van der Waals surface area contributed by atoms with E-state index in [0.29, 0.717) is 18.5 Å². The van der Waals surface area contributed by atoms with Gasteiger partial charge in [-0.05, 0) is 49.9 Å². The minimum absolute atomic E-state index is 0.396. The number of hydrogen-bond donors (Lipinski definition) is 2. The van der Waals surface area contributed by atoms with Gasteiger partial charge in [-0.25, -0.2) is 4.79 Å². The van der Waals surface area contributed by atoms with Crippen molar-refractivity contribution in [2.24, 2.45) is 0 Å². The van der Waals surface area contributed by atoms with Gasteiger partial charge in [0.15, 0.2) is 12.2 Å². The lowest BCUT2D eigenvalue weighted by atomic mass is 9.85. The van der Waals surface area contributed by atoms with Crippen LogP contribution in [0, 0.1) is 0 Å². The second-order valence-electron chi connectivity index (χ2n) is 6.86. The van der Waals surface area contributed by atoms with E-state index in [0.717, 1.165) is 51.3 Å². The van der Waals surface area contributed by atoms with E-state index in [2.05, 4.69) is 10.2 Å². The molecule has 1 heterocycles. The van der Waals surface area contributed by atoms with Gasteiger partial charge in [0.25, 0.3) is 5.91 Å². The molecule has 1 aliphatic carbocycles. The van der Waals surface area contributed by atoms with Crippen LogP contribution in [0.25, 0.3) is 0 Å². The largest absolute Gasteiger partial charge is 0.453 e. The summed E-state index contributed by atoms with van der Waals surface area (Å²) in [4.78, 5) is 26.2. The number of morpholine rings is 1. The second-order valence-corrected chi connectivity index (χ2v) is 6.86. The van der Waals surface area contributed by atoms with Crippen LogP contribution in [0.4, 0.5) is 11.4 Å². The maximum Gasteiger partial charge on any atom is 0.338 e. The smallest absolute Gasteiger partial charge is 0.338 e. The van der Waals surface area contributed by atoms with E-state index >= 15 is 0 Å². The molecule has 26 heavy (non-hydrogen) atoms. The highest BCUT2D eigenvalue weighted by Gasteiger charge is 2.38. The van der Waals surface area contributed by atoms with Gasteiger partial charge < -0.3 is 24.8 Å². The molecule has 1 aliphatic heterocycles. The minimum atomic E-state index is -1.43. The van der Waals surface area contributed by atoms with Crippen LogP contribution < -0.4 is 10.2 Å². The molecule has 7 heteroatoms. The number of benzene rings is 1. The Kier molecular flexibility index (Phi) is 6.11. The van der Waals surface area contributed by atoms with Crippen LogP contribution in [-0.4, -0.2) is 55.5 Å². The fraction of sp³-hybridized carbons (Fsp3) is 0.579. The Morgan fingerprint density at radius 3 is 2.42 bits per heavy atom. The Morgan fingerprint density at radius 1 is 1.12 bits per heavy atom. The number of nitrogens with zero attached hydrogens (tertiary/aromatic N) is 1. The van der Waals surface area contributed by atoms with E-state index in [1.54, 1.807) is 0 Å². The van der Waals surface area contributed by atoms with Crippen molar-refractivity contribution in [2.45, 2.75) is 37.7 Å². The number of carbonyl (C=O) groups excluding carboxylic acids is 2. The zero-order chi connectivity index (χ0) is 18.4. The van der Waals surface area contributed by atoms with Crippen molar-refractivity contribution in [3.63, 3.8) is 0 Å². The van der Waals surface area contributed by atoms with Crippen LogP contribution in [0.15, 0.2) is 24.3 Å².